The Balaban J connectivity index is 1.89. The molecule has 2 N–H and O–H groups in total. The molecule has 34 heavy (non-hydrogen) atoms. The second-order valence-corrected chi connectivity index (χ2v) is 17.6. The van der Waals surface area contributed by atoms with Gasteiger partial charge in [0.1, 0.15) is 12.4 Å². The Morgan fingerprint density at radius 2 is 1.97 bits per heavy atom. The van der Waals surface area contributed by atoms with Crippen LogP contribution in [0.15, 0.2) is 29.2 Å². The number of aromatic nitrogens is 4. The lowest BCUT2D eigenvalue weighted by Gasteiger charge is -2.15. The van der Waals surface area contributed by atoms with Crippen LogP contribution in [0.4, 0.5) is 11.5 Å². The van der Waals surface area contributed by atoms with Crippen molar-refractivity contribution in [1.82, 2.24) is 19.1 Å². The van der Waals surface area contributed by atoms with Crippen LogP contribution in [0.3, 0.4) is 0 Å². The molecule has 3 aromatic rings. The number of fused-ring (bicyclic) bond motifs is 1. The number of ether oxygens (including phenoxy) is 1. The summed E-state index contributed by atoms with van der Waals surface area (Å²) in [6, 6.07) is 6.91. The van der Waals surface area contributed by atoms with E-state index in [1.165, 1.54) is 4.68 Å². The van der Waals surface area contributed by atoms with Gasteiger partial charge in [-0.25, -0.2) is 17.8 Å². The van der Waals surface area contributed by atoms with Crippen molar-refractivity contribution in [1.29, 1.82) is 0 Å². The number of hydrogen-bond donors (Lipinski definition) is 2. The van der Waals surface area contributed by atoms with Crippen LogP contribution in [0.25, 0.3) is 10.9 Å². The van der Waals surface area contributed by atoms with Crippen LogP contribution in [0.1, 0.15) is 5.56 Å². The SMILES string of the molecule is CNc1c(NC(=S)S(C)(=O)=O)n(C)n(Cc2cccc3c2cnn3COCC[Si](C)(C)C)c1=O. The Labute approximate surface area is 205 Å². The van der Waals surface area contributed by atoms with Gasteiger partial charge in [-0.05, 0) is 29.9 Å². The fourth-order valence-corrected chi connectivity index (χ4v) is 4.62. The number of nitrogens with zero attached hydrogens (tertiary/aromatic N) is 4. The summed E-state index contributed by atoms with van der Waals surface area (Å²) in [6.45, 7) is 8.26. The van der Waals surface area contributed by atoms with Gasteiger partial charge in [0.05, 0.1) is 18.3 Å². The van der Waals surface area contributed by atoms with Gasteiger partial charge in [0.25, 0.3) is 5.56 Å². The van der Waals surface area contributed by atoms with Gasteiger partial charge in [-0.15, -0.1) is 0 Å². The molecule has 3 rings (SSSR count). The zero-order chi connectivity index (χ0) is 25.3. The third-order valence-corrected chi connectivity index (χ3v) is 8.98. The molecule has 0 spiro atoms. The van der Waals surface area contributed by atoms with E-state index in [1.807, 2.05) is 22.9 Å². The van der Waals surface area contributed by atoms with E-state index in [0.29, 0.717) is 13.3 Å². The standard InChI is InChI=1S/C21H32N6O4S2Si/c1-22-18-19(24-21(32)33(3,29)30)25(2)27(20(18)28)13-15-8-7-9-17-16(15)12-23-26(17)14-31-10-11-34(4,5)6/h7-9,12,22H,10-11,13-14H2,1-6H3,(H,24,32). The highest BCUT2D eigenvalue weighted by Crippen LogP contribution is 2.23. The molecule has 10 nitrogen and oxygen atoms in total. The van der Waals surface area contributed by atoms with E-state index in [2.05, 4.69) is 35.4 Å². The molecule has 0 radical (unpaired) electrons. The molecule has 0 saturated heterocycles. The van der Waals surface area contributed by atoms with E-state index in [0.717, 1.165) is 28.8 Å². The third kappa shape index (κ3) is 5.77. The molecule has 0 aliphatic carbocycles. The average Bonchev–Trinajstić information content (AvgIpc) is 3.25. The molecule has 0 bridgehead atoms. The van der Waals surface area contributed by atoms with Crippen molar-refractivity contribution in [3.63, 3.8) is 0 Å². The molecule has 0 fully saturated rings. The lowest BCUT2D eigenvalue weighted by Crippen LogP contribution is -2.24. The minimum Gasteiger partial charge on any atom is -0.381 e. The number of sulfone groups is 1. The molecule has 0 aliphatic rings. The fourth-order valence-electron chi connectivity index (χ4n) is 3.48. The van der Waals surface area contributed by atoms with Crippen LogP contribution in [0.2, 0.25) is 25.7 Å². The molecule has 186 valence electrons. The monoisotopic (exact) mass is 524 g/mol. The molecular weight excluding hydrogens is 492 g/mol. The van der Waals surface area contributed by atoms with Crippen molar-refractivity contribution in [2.24, 2.45) is 7.05 Å². The summed E-state index contributed by atoms with van der Waals surface area (Å²) < 4.78 is 34.0. The third-order valence-electron chi connectivity index (χ3n) is 5.49. The summed E-state index contributed by atoms with van der Waals surface area (Å²) in [7, 11) is -1.49. The number of hydrogen-bond acceptors (Lipinski definition) is 7. The van der Waals surface area contributed by atoms with Crippen molar-refractivity contribution in [3.05, 3.63) is 40.3 Å². The predicted octanol–water partition coefficient (Wildman–Crippen LogP) is 2.68. The zero-order valence-electron chi connectivity index (χ0n) is 20.4. The highest BCUT2D eigenvalue weighted by molar-refractivity contribution is 8.17. The number of thiocarbonyl (C=S) groups is 1. The molecule has 0 amide bonds. The molecule has 0 unspecified atom stereocenters. The first-order valence-corrected chi connectivity index (χ1v) is 16.8. The number of rotatable bonds is 9. The van der Waals surface area contributed by atoms with Crippen LogP contribution in [-0.2, 0) is 34.9 Å². The van der Waals surface area contributed by atoms with Gasteiger partial charge in [0, 0.05) is 40.4 Å². The van der Waals surface area contributed by atoms with Gasteiger partial charge in [-0.3, -0.25) is 9.48 Å². The first-order valence-electron chi connectivity index (χ1n) is 10.8. The second-order valence-electron chi connectivity index (χ2n) is 9.39. The topological polar surface area (TPSA) is 112 Å². The van der Waals surface area contributed by atoms with E-state index in [1.54, 1.807) is 25.0 Å². The van der Waals surface area contributed by atoms with Crippen molar-refractivity contribution in [2.45, 2.75) is 39.0 Å². The van der Waals surface area contributed by atoms with E-state index in [-0.39, 0.29) is 27.9 Å². The molecule has 13 heteroatoms. The van der Waals surface area contributed by atoms with Crippen LogP contribution in [0, 0.1) is 0 Å². The highest BCUT2D eigenvalue weighted by atomic mass is 32.2. The highest BCUT2D eigenvalue weighted by Gasteiger charge is 2.22. The van der Waals surface area contributed by atoms with Gasteiger partial charge in [-0.2, -0.15) is 5.10 Å². The first kappa shape index (κ1) is 26.1. The van der Waals surface area contributed by atoms with Crippen molar-refractivity contribution in [3.8, 4) is 0 Å². The van der Waals surface area contributed by atoms with Gasteiger partial charge < -0.3 is 15.4 Å². The van der Waals surface area contributed by atoms with Crippen LogP contribution in [-0.4, -0.2) is 59.9 Å². The Kier molecular flexibility index (Phi) is 7.70. The van der Waals surface area contributed by atoms with E-state index < -0.39 is 17.9 Å². The van der Waals surface area contributed by atoms with Crippen molar-refractivity contribution < 1.29 is 13.2 Å². The summed E-state index contributed by atoms with van der Waals surface area (Å²) in [6.07, 6.45) is 2.79. The van der Waals surface area contributed by atoms with E-state index in [4.69, 9.17) is 17.0 Å². The lowest BCUT2D eigenvalue weighted by atomic mass is 10.1. The first-order chi connectivity index (χ1) is 15.8. The number of anilines is 2. The molecule has 1 aromatic carbocycles. The van der Waals surface area contributed by atoms with E-state index >= 15 is 0 Å². The largest absolute Gasteiger partial charge is 0.381 e. The van der Waals surface area contributed by atoms with Gasteiger partial charge in [0.2, 0.25) is 9.84 Å². The Bertz CT molecular complexity index is 1370. The predicted molar refractivity (Wildman–Crippen MR) is 143 cm³/mol. The minimum atomic E-state index is -3.60. The Morgan fingerprint density at radius 1 is 1.26 bits per heavy atom. The maximum absolute atomic E-state index is 13.1. The lowest BCUT2D eigenvalue weighted by molar-refractivity contribution is 0.0817. The summed E-state index contributed by atoms with van der Waals surface area (Å²) in [5.74, 6) is 0.279. The smallest absolute Gasteiger partial charge is 0.292 e. The Hall–Kier alpha value is -2.48. The summed E-state index contributed by atoms with van der Waals surface area (Å²) >= 11 is 4.98. The van der Waals surface area contributed by atoms with Crippen LogP contribution in [0.5, 0.6) is 0 Å². The summed E-state index contributed by atoms with van der Waals surface area (Å²) in [5, 5.41) is 10.9. The van der Waals surface area contributed by atoms with Crippen LogP contribution < -0.4 is 16.2 Å². The number of benzene rings is 1. The molecule has 0 atom stereocenters. The number of nitrogens with one attached hydrogen (secondary N) is 2. The maximum atomic E-state index is 13.1. The van der Waals surface area contributed by atoms with Crippen LogP contribution >= 0.6 is 12.2 Å². The minimum absolute atomic E-state index is 0.229. The second kappa shape index (κ2) is 10.0. The quantitative estimate of drug-likeness (QED) is 0.250. The Morgan fingerprint density at radius 3 is 2.59 bits per heavy atom. The average molecular weight is 525 g/mol. The van der Waals surface area contributed by atoms with Gasteiger partial charge >= 0.3 is 0 Å². The summed E-state index contributed by atoms with van der Waals surface area (Å²) in [4.78, 5) is 13.1. The zero-order valence-corrected chi connectivity index (χ0v) is 23.0. The normalized spacial score (nSPS) is 12.3. The van der Waals surface area contributed by atoms with Gasteiger partial charge in [-0.1, -0.05) is 31.8 Å². The molecule has 2 aromatic heterocycles. The molecule has 0 aliphatic heterocycles. The van der Waals surface area contributed by atoms with E-state index in [9.17, 15) is 13.2 Å². The van der Waals surface area contributed by atoms with Gasteiger partial charge in [0.15, 0.2) is 10.1 Å². The summed E-state index contributed by atoms with van der Waals surface area (Å²) in [5.41, 5.74) is 1.74. The molecule has 2 heterocycles. The fraction of sp³-hybridized carbons (Fsp3) is 0.476. The van der Waals surface area contributed by atoms with Crippen molar-refractivity contribution >= 4 is 56.9 Å². The van der Waals surface area contributed by atoms with Crippen molar-refractivity contribution in [2.75, 3.05) is 30.5 Å². The molecular formula is C21H32N6O4S2Si. The molecule has 0 saturated carbocycles. The maximum Gasteiger partial charge on any atom is 0.292 e.